The summed E-state index contributed by atoms with van der Waals surface area (Å²) in [5.41, 5.74) is 4.99. The predicted molar refractivity (Wildman–Crippen MR) is 70.3 cm³/mol. The van der Waals surface area contributed by atoms with E-state index in [2.05, 4.69) is 4.98 Å². The van der Waals surface area contributed by atoms with Crippen LogP contribution in [-0.4, -0.2) is 55.8 Å². The van der Waals surface area contributed by atoms with Crippen molar-refractivity contribution in [1.82, 2.24) is 9.55 Å². The van der Waals surface area contributed by atoms with Crippen LogP contribution in [0.4, 0.5) is 5.82 Å². The number of ether oxygens (including phenoxy) is 4. The lowest BCUT2D eigenvalue weighted by Gasteiger charge is -2.22. The molecule has 0 spiro atoms. The Bertz CT molecular complexity index is 506. The summed E-state index contributed by atoms with van der Waals surface area (Å²) in [6.45, 7) is 0.339. The summed E-state index contributed by atoms with van der Waals surface area (Å²) in [6, 6.07) is 1.53. The van der Waals surface area contributed by atoms with Crippen LogP contribution in [0.25, 0.3) is 0 Å². The molecule has 4 atom stereocenters. The lowest BCUT2D eigenvalue weighted by atomic mass is 10.1. The number of aromatic nitrogens is 2. The highest BCUT2D eigenvalue weighted by Crippen LogP contribution is 2.32. The first kappa shape index (κ1) is 14.9. The minimum atomic E-state index is -0.634. The zero-order chi connectivity index (χ0) is 14.7. The average Bonchev–Trinajstić information content (AvgIpc) is 2.76. The van der Waals surface area contributed by atoms with E-state index in [1.54, 1.807) is 14.2 Å². The summed E-state index contributed by atoms with van der Waals surface area (Å²) in [5.74, 6) is 0.162. The van der Waals surface area contributed by atoms with Crippen molar-refractivity contribution in [3.63, 3.8) is 0 Å². The largest absolute Gasteiger partial charge is 0.383 e. The summed E-state index contributed by atoms with van der Waals surface area (Å²) in [5, 5.41) is 0. The van der Waals surface area contributed by atoms with Gasteiger partial charge in [0.15, 0.2) is 6.23 Å². The van der Waals surface area contributed by atoms with Crippen LogP contribution in [0.5, 0.6) is 0 Å². The first-order valence-corrected chi connectivity index (χ1v) is 6.17. The van der Waals surface area contributed by atoms with E-state index in [0.717, 1.165) is 0 Å². The third kappa shape index (κ3) is 2.68. The number of nitrogen functional groups attached to an aromatic ring is 1. The minimum absolute atomic E-state index is 0.162. The lowest BCUT2D eigenvalue weighted by molar-refractivity contribution is -0.0672. The molecule has 1 fully saturated rings. The van der Waals surface area contributed by atoms with Crippen molar-refractivity contribution in [3.05, 3.63) is 22.7 Å². The molecule has 2 rings (SSSR count). The maximum Gasteiger partial charge on any atom is 0.351 e. The molecule has 0 aliphatic carbocycles. The summed E-state index contributed by atoms with van der Waals surface area (Å²) >= 11 is 0. The van der Waals surface area contributed by atoms with Crippen LogP contribution in [0.2, 0.25) is 0 Å². The molecule has 112 valence electrons. The standard InChI is InChI=1S/C12H19N3O5/c1-17-6-7-9(18-2)10(19-3)11(20-7)15-5-4-8(13)14-12(15)16/h4-5,7,9-11H,6H2,1-3H3,(H2,13,14,16)/t7-,9-,10-,11-/m1/s1. The molecule has 1 aliphatic heterocycles. The Labute approximate surface area is 116 Å². The molecule has 1 aromatic rings. The number of rotatable bonds is 5. The van der Waals surface area contributed by atoms with Gasteiger partial charge in [0.1, 0.15) is 24.1 Å². The van der Waals surface area contributed by atoms with Crippen molar-refractivity contribution in [2.45, 2.75) is 24.5 Å². The van der Waals surface area contributed by atoms with Crippen molar-refractivity contribution >= 4 is 5.82 Å². The van der Waals surface area contributed by atoms with Crippen molar-refractivity contribution in [3.8, 4) is 0 Å². The second kappa shape index (κ2) is 6.31. The predicted octanol–water partition coefficient (Wildman–Crippen LogP) is -0.601. The maximum absolute atomic E-state index is 11.9. The average molecular weight is 285 g/mol. The van der Waals surface area contributed by atoms with Gasteiger partial charge in [-0.25, -0.2) is 4.79 Å². The van der Waals surface area contributed by atoms with Crippen molar-refractivity contribution in [1.29, 1.82) is 0 Å². The fraction of sp³-hybridized carbons (Fsp3) is 0.667. The number of nitrogens with zero attached hydrogens (tertiary/aromatic N) is 2. The Hall–Kier alpha value is -1.48. The number of methoxy groups -OCH3 is 3. The van der Waals surface area contributed by atoms with Crippen molar-refractivity contribution in [2.24, 2.45) is 0 Å². The van der Waals surface area contributed by atoms with Crippen molar-refractivity contribution in [2.75, 3.05) is 33.7 Å². The van der Waals surface area contributed by atoms with Gasteiger partial charge in [0.25, 0.3) is 0 Å². The van der Waals surface area contributed by atoms with Crippen LogP contribution in [-0.2, 0) is 18.9 Å². The molecule has 0 aromatic carbocycles. The Morgan fingerprint density at radius 1 is 1.35 bits per heavy atom. The smallest absolute Gasteiger partial charge is 0.351 e. The molecule has 1 aromatic heterocycles. The van der Waals surface area contributed by atoms with Gasteiger partial charge in [-0.15, -0.1) is 0 Å². The number of anilines is 1. The van der Waals surface area contributed by atoms with Gasteiger partial charge in [-0.1, -0.05) is 0 Å². The molecule has 8 heteroatoms. The minimum Gasteiger partial charge on any atom is -0.383 e. The molecule has 0 radical (unpaired) electrons. The number of hydrogen-bond donors (Lipinski definition) is 1. The maximum atomic E-state index is 11.9. The summed E-state index contributed by atoms with van der Waals surface area (Å²) in [6.07, 6.45) is -0.212. The molecule has 2 heterocycles. The SMILES string of the molecule is COC[C@H]1O[C@@H](n2ccc(N)nc2=O)[C@H](OC)[C@@H]1OC. The topological polar surface area (TPSA) is 97.8 Å². The third-order valence-corrected chi connectivity index (χ3v) is 3.29. The highest BCUT2D eigenvalue weighted by molar-refractivity contribution is 5.23. The second-order valence-corrected chi connectivity index (χ2v) is 4.46. The van der Waals surface area contributed by atoms with Gasteiger partial charge in [-0.3, -0.25) is 4.57 Å². The van der Waals surface area contributed by atoms with E-state index >= 15 is 0 Å². The van der Waals surface area contributed by atoms with Crippen LogP contribution >= 0.6 is 0 Å². The normalized spacial score (nSPS) is 29.8. The van der Waals surface area contributed by atoms with Gasteiger partial charge in [-0.2, -0.15) is 4.98 Å². The van der Waals surface area contributed by atoms with Crippen LogP contribution in [0.3, 0.4) is 0 Å². The fourth-order valence-corrected chi connectivity index (χ4v) is 2.39. The highest BCUT2D eigenvalue weighted by atomic mass is 16.6. The molecule has 1 saturated heterocycles. The summed E-state index contributed by atoms with van der Waals surface area (Å²) in [4.78, 5) is 15.6. The van der Waals surface area contributed by atoms with E-state index in [9.17, 15) is 4.79 Å². The van der Waals surface area contributed by atoms with E-state index in [4.69, 9.17) is 24.7 Å². The first-order valence-electron chi connectivity index (χ1n) is 6.17. The Morgan fingerprint density at radius 2 is 2.05 bits per heavy atom. The van der Waals surface area contributed by atoms with Crippen LogP contribution in [0.1, 0.15) is 6.23 Å². The van der Waals surface area contributed by atoms with Crippen molar-refractivity contribution < 1.29 is 18.9 Å². The van der Waals surface area contributed by atoms with Gasteiger partial charge in [0.2, 0.25) is 0 Å². The van der Waals surface area contributed by atoms with E-state index in [0.29, 0.717) is 6.61 Å². The zero-order valence-corrected chi connectivity index (χ0v) is 11.7. The molecular formula is C12H19N3O5. The van der Waals surface area contributed by atoms with E-state index in [-0.39, 0.29) is 18.0 Å². The number of nitrogens with two attached hydrogens (primary N) is 1. The Balaban J connectivity index is 2.32. The molecular weight excluding hydrogens is 266 g/mol. The lowest BCUT2D eigenvalue weighted by Crippen LogP contribution is -2.38. The van der Waals surface area contributed by atoms with Gasteiger partial charge >= 0.3 is 5.69 Å². The molecule has 2 N–H and O–H groups in total. The molecule has 0 saturated carbocycles. The molecule has 8 nitrogen and oxygen atoms in total. The zero-order valence-electron chi connectivity index (χ0n) is 11.7. The van der Waals surface area contributed by atoms with Gasteiger partial charge in [0.05, 0.1) is 6.61 Å². The van der Waals surface area contributed by atoms with E-state index in [1.807, 2.05) is 0 Å². The number of hydrogen-bond acceptors (Lipinski definition) is 7. The van der Waals surface area contributed by atoms with Crippen LogP contribution in [0, 0.1) is 0 Å². The molecule has 0 bridgehead atoms. The van der Waals surface area contributed by atoms with E-state index in [1.165, 1.54) is 23.9 Å². The van der Waals surface area contributed by atoms with Crippen LogP contribution < -0.4 is 11.4 Å². The Morgan fingerprint density at radius 3 is 2.60 bits per heavy atom. The summed E-state index contributed by atoms with van der Waals surface area (Å²) in [7, 11) is 4.68. The molecule has 1 aliphatic rings. The monoisotopic (exact) mass is 285 g/mol. The second-order valence-electron chi connectivity index (χ2n) is 4.46. The van der Waals surface area contributed by atoms with Gasteiger partial charge in [-0.05, 0) is 6.07 Å². The first-order chi connectivity index (χ1) is 9.62. The summed E-state index contributed by atoms with van der Waals surface area (Å²) < 4.78 is 23.1. The highest BCUT2D eigenvalue weighted by Gasteiger charge is 2.46. The quantitative estimate of drug-likeness (QED) is 0.771. The van der Waals surface area contributed by atoms with Crippen LogP contribution in [0.15, 0.2) is 17.1 Å². The van der Waals surface area contributed by atoms with Gasteiger partial charge in [0, 0.05) is 27.5 Å². The molecule has 0 amide bonds. The van der Waals surface area contributed by atoms with E-state index < -0.39 is 18.0 Å². The molecule has 0 unspecified atom stereocenters. The third-order valence-electron chi connectivity index (χ3n) is 3.29. The Kier molecular flexibility index (Phi) is 4.71. The molecule has 20 heavy (non-hydrogen) atoms. The fourth-order valence-electron chi connectivity index (χ4n) is 2.39. The van der Waals surface area contributed by atoms with Gasteiger partial charge < -0.3 is 24.7 Å².